The fourth-order valence-corrected chi connectivity index (χ4v) is 1.71. The number of aromatic nitrogens is 1. The van der Waals surface area contributed by atoms with E-state index in [0.717, 1.165) is 17.5 Å². The summed E-state index contributed by atoms with van der Waals surface area (Å²) < 4.78 is 4.94. The molecule has 0 spiro atoms. The number of carbonyl (C=O) groups is 1. The predicted molar refractivity (Wildman–Crippen MR) is 60.3 cm³/mol. The van der Waals surface area contributed by atoms with Crippen LogP contribution in [0.3, 0.4) is 0 Å². The average Bonchev–Trinajstić information content (AvgIpc) is 2.72. The van der Waals surface area contributed by atoms with Crippen LogP contribution in [0.2, 0.25) is 0 Å². The number of hydrogen-bond acceptors (Lipinski definition) is 7. The Hall–Kier alpha value is -1.74. The zero-order valence-electron chi connectivity index (χ0n) is 8.95. The van der Waals surface area contributed by atoms with E-state index in [1.807, 2.05) is 0 Å². The highest BCUT2D eigenvalue weighted by Gasteiger charge is 2.15. The molecule has 9 heteroatoms. The van der Waals surface area contributed by atoms with Gasteiger partial charge in [-0.05, 0) is 11.3 Å². The van der Waals surface area contributed by atoms with Gasteiger partial charge in [0.25, 0.3) is 0 Å². The molecule has 2 N–H and O–H groups in total. The van der Waals surface area contributed by atoms with E-state index in [9.17, 15) is 14.9 Å². The average molecular weight is 261 g/mol. The summed E-state index contributed by atoms with van der Waals surface area (Å²) in [5.41, 5.74) is 0. The fraction of sp³-hybridized carbons (Fsp3) is 0.500. The number of rotatable bonds is 7. The van der Waals surface area contributed by atoms with Crippen molar-refractivity contribution in [3.05, 3.63) is 16.3 Å². The van der Waals surface area contributed by atoms with Crippen molar-refractivity contribution in [3.63, 3.8) is 0 Å². The summed E-state index contributed by atoms with van der Waals surface area (Å²) in [4.78, 5) is 24.1. The van der Waals surface area contributed by atoms with E-state index < -0.39 is 17.0 Å². The van der Waals surface area contributed by atoms with Crippen LogP contribution in [0, 0.1) is 10.1 Å². The number of nitrogens with zero attached hydrogens (tertiary/aromatic N) is 2. The van der Waals surface area contributed by atoms with Gasteiger partial charge in [0, 0.05) is 13.7 Å². The van der Waals surface area contributed by atoms with E-state index in [-0.39, 0.29) is 18.0 Å². The van der Waals surface area contributed by atoms with Gasteiger partial charge in [-0.3, -0.25) is 14.9 Å². The van der Waals surface area contributed by atoms with Crippen LogP contribution in [-0.4, -0.2) is 40.7 Å². The lowest BCUT2D eigenvalue weighted by Gasteiger charge is -2.12. The molecule has 0 radical (unpaired) electrons. The van der Waals surface area contributed by atoms with Crippen molar-refractivity contribution in [3.8, 4) is 0 Å². The van der Waals surface area contributed by atoms with E-state index in [1.165, 1.54) is 7.11 Å². The second kappa shape index (κ2) is 6.11. The Labute approximate surface area is 100 Å². The number of nitrogens with one attached hydrogen (secondary N) is 1. The molecule has 1 aromatic rings. The molecule has 1 atom stereocenters. The first-order valence-electron chi connectivity index (χ1n) is 4.61. The number of hydrogen-bond donors (Lipinski definition) is 2. The summed E-state index contributed by atoms with van der Waals surface area (Å²) in [5.74, 6) is -0.969. The minimum Gasteiger partial charge on any atom is -0.481 e. The van der Waals surface area contributed by atoms with Crippen LogP contribution in [0.4, 0.5) is 10.1 Å². The van der Waals surface area contributed by atoms with E-state index in [2.05, 4.69) is 10.3 Å². The zero-order chi connectivity index (χ0) is 12.8. The summed E-state index contributed by atoms with van der Waals surface area (Å²) in [5, 5.41) is 22.1. The third kappa shape index (κ3) is 4.33. The summed E-state index contributed by atoms with van der Waals surface area (Å²) in [6.07, 6.45) is 0.499. The lowest BCUT2D eigenvalue weighted by Crippen LogP contribution is -2.24. The minimum absolute atomic E-state index is 0.0697. The van der Waals surface area contributed by atoms with Gasteiger partial charge in [-0.15, -0.1) is 0 Å². The standard InChI is InChI=1S/C8H11N3O5S/c1-16-5(2-7(12)13)3-9-8-10-4-6(17-8)11(14)15/h4-5H,2-3H2,1H3,(H,9,10)(H,12,13). The Bertz CT molecular complexity index is 408. The monoisotopic (exact) mass is 261 g/mol. The Morgan fingerprint density at radius 2 is 2.53 bits per heavy atom. The van der Waals surface area contributed by atoms with Crippen LogP contribution in [0.25, 0.3) is 0 Å². The predicted octanol–water partition coefficient (Wildman–Crippen LogP) is 0.953. The van der Waals surface area contributed by atoms with Crippen LogP contribution in [0.15, 0.2) is 6.20 Å². The number of anilines is 1. The largest absolute Gasteiger partial charge is 0.481 e. The lowest BCUT2D eigenvalue weighted by atomic mass is 10.2. The first-order chi connectivity index (χ1) is 8.02. The molecule has 94 valence electrons. The van der Waals surface area contributed by atoms with Crippen LogP contribution in [0.1, 0.15) is 6.42 Å². The molecule has 0 amide bonds. The van der Waals surface area contributed by atoms with Gasteiger partial charge in [0.15, 0.2) is 5.13 Å². The smallest absolute Gasteiger partial charge is 0.345 e. The van der Waals surface area contributed by atoms with Gasteiger partial charge in [0.2, 0.25) is 0 Å². The maximum Gasteiger partial charge on any atom is 0.345 e. The van der Waals surface area contributed by atoms with E-state index >= 15 is 0 Å². The number of aliphatic carboxylic acids is 1. The summed E-state index contributed by atoms with van der Waals surface area (Å²) >= 11 is 0.888. The molecular weight excluding hydrogens is 250 g/mol. The number of carboxylic acids is 1. The van der Waals surface area contributed by atoms with Gasteiger partial charge in [-0.25, -0.2) is 4.98 Å². The topological polar surface area (TPSA) is 115 Å². The molecule has 1 aromatic heterocycles. The fourth-order valence-electron chi connectivity index (χ4n) is 1.07. The van der Waals surface area contributed by atoms with E-state index in [4.69, 9.17) is 9.84 Å². The molecule has 0 saturated heterocycles. The Morgan fingerprint density at radius 1 is 1.82 bits per heavy atom. The SMILES string of the molecule is COC(CNc1ncc([N+](=O)[O-])s1)CC(=O)O. The minimum atomic E-state index is -0.969. The van der Waals surface area contributed by atoms with Gasteiger partial charge >= 0.3 is 11.0 Å². The molecule has 0 fully saturated rings. The molecule has 0 aliphatic heterocycles. The highest BCUT2D eigenvalue weighted by atomic mass is 32.1. The van der Waals surface area contributed by atoms with Crippen LogP contribution in [-0.2, 0) is 9.53 Å². The first-order valence-corrected chi connectivity index (χ1v) is 5.43. The molecule has 1 rings (SSSR count). The van der Waals surface area contributed by atoms with Crippen molar-refractivity contribution in [2.75, 3.05) is 19.0 Å². The van der Waals surface area contributed by atoms with Crippen molar-refractivity contribution < 1.29 is 19.6 Å². The Kier molecular flexibility index (Phi) is 4.79. The van der Waals surface area contributed by atoms with Gasteiger partial charge < -0.3 is 15.2 Å². The number of carboxylic acid groups (broad SMARTS) is 1. The van der Waals surface area contributed by atoms with Crippen molar-refractivity contribution in [2.45, 2.75) is 12.5 Å². The first kappa shape index (κ1) is 13.3. The molecule has 1 unspecified atom stereocenters. The van der Waals surface area contributed by atoms with Crippen LogP contribution in [0.5, 0.6) is 0 Å². The summed E-state index contributed by atoms with van der Waals surface area (Å²) in [6.45, 7) is 0.230. The molecule has 0 aliphatic rings. The third-order valence-electron chi connectivity index (χ3n) is 1.89. The second-order valence-corrected chi connectivity index (χ2v) is 4.11. The normalized spacial score (nSPS) is 12.1. The highest BCUT2D eigenvalue weighted by Crippen LogP contribution is 2.24. The van der Waals surface area contributed by atoms with Gasteiger partial charge in [0.1, 0.15) is 6.20 Å². The number of nitro groups is 1. The van der Waals surface area contributed by atoms with Gasteiger partial charge in [-0.1, -0.05) is 0 Å². The number of ether oxygens (including phenoxy) is 1. The lowest BCUT2D eigenvalue weighted by molar-refractivity contribution is -0.380. The van der Waals surface area contributed by atoms with Crippen molar-refractivity contribution in [1.29, 1.82) is 0 Å². The highest BCUT2D eigenvalue weighted by molar-refractivity contribution is 7.18. The molecule has 0 saturated carbocycles. The van der Waals surface area contributed by atoms with Crippen molar-refractivity contribution in [2.24, 2.45) is 0 Å². The quantitative estimate of drug-likeness (QED) is 0.554. The molecule has 1 heterocycles. The Morgan fingerprint density at radius 3 is 3.00 bits per heavy atom. The van der Waals surface area contributed by atoms with Crippen LogP contribution >= 0.6 is 11.3 Å². The van der Waals surface area contributed by atoms with Gasteiger partial charge in [-0.2, -0.15) is 0 Å². The van der Waals surface area contributed by atoms with E-state index in [0.29, 0.717) is 5.13 Å². The number of thiazole rings is 1. The molecule has 0 aliphatic carbocycles. The molecule has 0 aromatic carbocycles. The van der Waals surface area contributed by atoms with Crippen LogP contribution < -0.4 is 5.32 Å². The Balaban J connectivity index is 2.47. The van der Waals surface area contributed by atoms with Crippen molar-refractivity contribution in [1.82, 2.24) is 4.98 Å². The van der Waals surface area contributed by atoms with Gasteiger partial charge in [0.05, 0.1) is 17.4 Å². The van der Waals surface area contributed by atoms with Crippen molar-refractivity contribution >= 4 is 27.4 Å². The zero-order valence-corrected chi connectivity index (χ0v) is 9.77. The third-order valence-corrected chi connectivity index (χ3v) is 2.80. The molecular formula is C8H11N3O5S. The second-order valence-electron chi connectivity index (χ2n) is 3.10. The number of methoxy groups -OCH3 is 1. The maximum absolute atomic E-state index is 10.5. The van der Waals surface area contributed by atoms with E-state index in [1.54, 1.807) is 0 Å². The molecule has 17 heavy (non-hydrogen) atoms. The maximum atomic E-state index is 10.5. The summed E-state index contributed by atoms with van der Waals surface area (Å²) in [6, 6.07) is 0. The molecule has 0 bridgehead atoms. The summed E-state index contributed by atoms with van der Waals surface area (Å²) in [7, 11) is 1.40. The molecule has 8 nitrogen and oxygen atoms in total.